The molecule has 1 aromatic heterocycles. The number of aromatic hydroxyl groups is 1. The molecule has 1 aromatic carbocycles. The number of methoxy groups -OCH3 is 1. The minimum atomic E-state index is -0.471. The van der Waals surface area contributed by atoms with Crippen LogP contribution in [0.15, 0.2) is 42.9 Å². The van der Waals surface area contributed by atoms with E-state index >= 15 is 0 Å². The Kier molecular flexibility index (Phi) is 5.03. The summed E-state index contributed by atoms with van der Waals surface area (Å²) in [4.78, 5) is 11.7. The van der Waals surface area contributed by atoms with Crippen LogP contribution in [0.4, 0.5) is 0 Å². The minimum absolute atomic E-state index is 0.000814. The first-order valence-corrected chi connectivity index (χ1v) is 7.25. The van der Waals surface area contributed by atoms with Crippen LogP contribution < -0.4 is 10.2 Å². The zero-order chi connectivity index (χ0) is 15.4. The average molecular weight is 418 g/mol. The second-order valence-corrected chi connectivity index (χ2v) is 5.49. The van der Waals surface area contributed by atoms with Gasteiger partial charge in [-0.3, -0.25) is 4.79 Å². The number of carbonyl (C=O) groups is 1. The molecule has 0 unspecified atom stereocenters. The van der Waals surface area contributed by atoms with E-state index in [1.807, 2.05) is 0 Å². The van der Waals surface area contributed by atoms with Gasteiger partial charge in [0.25, 0.3) is 0 Å². The smallest absolute Gasteiger partial charge is 0.307 e. The number of amides is 1. The van der Waals surface area contributed by atoms with Gasteiger partial charge in [0, 0.05) is 0 Å². The largest absolute Gasteiger partial charge is 0.503 e. The lowest BCUT2D eigenvalue weighted by molar-refractivity contribution is 0.0926. The Bertz CT molecular complexity index is 697. The van der Waals surface area contributed by atoms with E-state index in [9.17, 15) is 9.90 Å². The highest BCUT2D eigenvalue weighted by molar-refractivity contribution is 9.10. The molecule has 2 N–H and O–H groups in total. The predicted octanol–water partition coefficient (Wildman–Crippen LogP) is 3.28. The summed E-state index contributed by atoms with van der Waals surface area (Å²) in [5, 5.41) is 13.5. The van der Waals surface area contributed by atoms with Gasteiger partial charge in [-0.15, -0.1) is 0 Å². The van der Waals surface area contributed by atoms with E-state index in [4.69, 9.17) is 9.15 Å². The molecule has 0 aliphatic heterocycles. The maximum atomic E-state index is 11.7. The molecule has 0 atom stereocenters. The molecule has 6 nitrogen and oxygen atoms in total. The van der Waals surface area contributed by atoms with Crippen LogP contribution >= 0.6 is 31.9 Å². The van der Waals surface area contributed by atoms with Crippen LogP contribution in [0.25, 0.3) is 0 Å². The molecule has 0 saturated carbocycles. The van der Waals surface area contributed by atoms with E-state index < -0.39 is 5.91 Å². The highest BCUT2D eigenvalue weighted by atomic mass is 79.9. The fourth-order valence-corrected chi connectivity index (χ4v) is 2.25. The van der Waals surface area contributed by atoms with E-state index in [0.717, 1.165) is 0 Å². The van der Waals surface area contributed by atoms with Crippen LogP contribution in [-0.4, -0.2) is 24.3 Å². The number of halogens is 2. The van der Waals surface area contributed by atoms with E-state index in [1.165, 1.54) is 19.4 Å². The number of hydrazone groups is 1. The topological polar surface area (TPSA) is 84.1 Å². The third kappa shape index (κ3) is 3.85. The van der Waals surface area contributed by atoms with Gasteiger partial charge in [0.15, 0.2) is 21.9 Å². The number of carbonyl (C=O) groups excluding carboxylic acids is 1. The van der Waals surface area contributed by atoms with Crippen molar-refractivity contribution < 1.29 is 19.1 Å². The molecule has 0 saturated heterocycles. The summed E-state index contributed by atoms with van der Waals surface area (Å²) >= 11 is 6.31. The SMILES string of the molecule is COc1cc(/C=N/NC(=O)c2ccc(Br)o2)cc(Br)c1O. The van der Waals surface area contributed by atoms with Crippen molar-refractivity contribution in [1.29, 1.82) is 0 Å². The Morgan fingerprint density at radius 3 is 2.81 bits per heavy atom. The number of furan rings is 1. The van der Waals surface area contributed by atoms with Gasteiger partial charge in [-0.05, 0) is 61.7 Å². The van der Waals surface area contributed by atoms with Gasteiger partial charge in [-0.1, -0.05) is 0 Å². The van der Waals surface area contributed by atoms with Crippen molar-refractivity contribution in [2.75, 3.05) is 7.11 Å². The number of phenolic OH excluding ortho intramolecular Hbond substituents is 1. The number of nitrogens with zero attached hydrogens (tertiary/aromatic N) is 1. The van der Waals surface area contributed by atoms with Crippen LogP contribution in [0.5, 0.6) is 11.5 Å². The number of ether oxygens (including phenoxy) is 1. The van der Waals surface area contributed by atoms with Gasteiger partial charge in [0.1, 0.15) is 0 Å². The Balaban J connectivity index is 2.08. The number of nitrogens with one attached hydrogen (secondary N) is 1. The van der Waals surface area contributed by atoms with Crippen LogP contribution in [0, 0.1) is 0 Å². The number of benzene rings is 1. The van der Waals surface area contributed by atoms with Crippen molar-refractivity contribution >= 4 is 44.0 Å². The van der Waals surface area contributed by atoms with Crippen molar-refractivity contribution in [3.05, 3.63) is 44.7 Å². The monoisotopic (exact) mass is 416 g/mol. The van der Waals surface area contributed by atoms with Crippen LogP contribution in [0.2, 0.25) is 0 Å². The Hall–Kier alpha value is -1.80. The second-order valence-electron chi connectivity index (χ2n) is 3.86. The maximum Gasteiger partial charge on any atom is 0.307 e. The molecule has 1 amide bonds. The molecule has 0 fully saturated rings. The fourth-order valence-electron chi connectivity index (χ4n) is 1.48. The zero-order valence-electron chi connectivity index (χ0n) is 10.8. The fraction of sp³-hybridized carbons (Fsp3) is 0.0769. The van der Waals surface area contributed by atoms with Crippen LogP contribution in [0.3, 0.4) is 0 Å². The maximum absolute atomic E-state index is 11.7. The summed E-state index contributed by atoms with van der Waals surface area (Å²) in [5.41, 5.74) is 2.97. The Morgan fingerprint density at radius 2 is 2.19 bits per heavy atom. The molecule has 2 aromatic rings. The summed E-state index contributed by atoms with van der Waals surface area (Å²) in [6.07, 6.45) is 1.42. The van der Waals surface area contributed by atoms with Crippen molar-refractivity contribution in [1.82, 2.24) is 5.43 Å². The summed E-state index contributed by atoms with van der Waals surface area (Å²) in [7, 11) is 1.44. The van der Waals surface area contributed by atoms with E-state index in [1.54, 1.807) is 18.2 Å². The predicted molar refractivity (Wildman–Crippen MR) is 83.8 cm³/mol. The van der Waals surface area contributed by atoms with E-state index in [-0.39, 0.29) is 11.5 Å². The number of hydrogen-bond acceptors (Lipinski definition) is 5. The average Bonchev–Trinajstić information content (AvgIpc) is 2.89. The molecular weight excluding hydrogens is 408 g/mol. The number of phenols is 1. The van der Waals surface area contributed by atoms with E-state index in [2.05, 4.69) is 42.4 Å². The van der Waals surface area contributed by atoms with Crippen LogP contribution in [0.1, 0.15) is 16.1 Å². The molecule has 0 aliphatic rings. The lowest BCUT2D eigenvalue weighted by Crippen LogP contribution is -2.16. The quantitative estimate of drug-likeness (QED) is 0.590. The normalized spacial score (nSPS) is 10.8. The van der Waals surface area contributed by atoms with Gasteiger partial charge in [0.2, 0.25) is 0 Å². The third-order valence-corrected chi connectivity index (χ3v) is 3.48. The first-order valence-electron chi connectivity index (χ1n) is 5.66. The van der Waals surface area contributed by atoms with Gasteiger partial charge >= 0.3 is 5.91 Å². The molecule has 0 spiro atoms. The number of hydrogen-bond donors (Lipinski definition) is 2. The third-order valence-electron chi connectivity index (χ3n) is 2.45. The number of rotatable bonds is 4. The first-order chi connectivity index (χ1) is 10.0. The van der Waals surface area contributed by atoms with Crippen molar-refractivity contribution in [3.8, 4) is 11.5 Å². The Morgan fingerprint density at radius 1 is 1.43 bits per heavy atom. The molecular formula is C13H10Br2N2O4. The van der Waals surface area contributed by atoms with Crippen LogP contribution in [-0.2, 0) is 0 Å². The van der Waals surface area contributed by atoms with Crippen molar-refractivity contribution in [3.63, 3.8) is 0 Å². The molecule has 1 heterocycles. The highest BCUT2D eigenvalue weighted by Crippen LogP contribution is 2.34. The second kappa shape index (κ2) is 6.77. The summed E-state index contributed by atoms with van der Waals surface area (Å²) in [6, 6.07) is 6.35. The molecule has 0 bridgehead atoms. The highest BCUT2D eigenvalue weighted by Gasteiger charge is 2.10. The van der Waals surface area contributed by atoms with Gasteiger partial charge < -0.3 is 14.3 Å². The summed E-state index contributed by atoms with van der Waals surface area (Å²) in [6.45, 7) is 0. The van der Waals surface area contributed by atoms with Gasteiger partial charge in [-0.2, -0.15) is 5.10 Å². The molecule has 21 heavy (non-hydrogen) atoms. The van der Waals surface area contributed by atoms with Gasteiger partial charge in [-0.25, -0.2) is 5.43 Å². The first kappa shape index (κ1) is 15.6. The van der Waals surface area contributed by atoms with Crippen molar-refractivity contribution in [2.45, 2.75) is 0 Å². The lowest BCUT2D eigenvalue weighted by Gasteiger charge is -2.06. The summed E-state index contributed by atoms with van der Waals surface area (Å²) in [5.74, 6) is -0.0310. The lowest BCUT2D eigenvalue weighted by atomic mass is 10.2. The minimum Gasteiger partial charge on any atom is -0.503 e. The van der Waals surface area contributed by atoms with Crippen molar-refractivity contribution in [2.24, 2.45) is 5.10 Å². The molecule has 8 heteroatoms. The molecule has 2 rings (SSSR count). The Labute approximate surface area is 137 Å². The molecule has 0 radical (unpaired) electrons. The van der Waals surface area contributed by atoms with E-state index in [0.29, 0.717) is 20.5 Å². The summed E-state index contributed by atoms with van der Waals surface area (Å²) < 4.78 is 11.0. The molecule has 110 valence electrons. The zero-order valence-corrected chi connectivity index (χ0v) is 13.9. The standard InChI is InChI=1S/C13H10Br2N2O4/c1-20-10-5-7(4-8(14)12(10)18)6-16-17-13(19)9-2-3-11(15)21-9/h2-6,18H,1H3,(H,17,19)/b16-6+. The van der Waals surface area contributed by atoms with Gasteiger partial charge in [0.05, 0.1) is 17.8 Å². The molecule has 0 aliphatic carbocycles.